The molecular formula is C11H11F2N3. The molecule has 1 N–H and O–H groups in total. The van der Waals surface area contributed by atoms with Crippen molar-refractivity contribution in [2.45, 2.75) is 0 Å². The van der Waals surface area contributed by atoms with Crippen molar-refractivity contribution in [1.82, 2.24) is 9.97 Å². The number of nitrogens with zero attached hydrogens (tertiary/aromatic N) is 2. The van der Waals surface area contributed by atoms with Crippen LogP contribution in [-0.4, -0.2) is 24.1 Å². The minimum absolute atomic E-state index is 0.212. The van der Waals surface area contributed by atoms with Gasteiger partial charge in [0.15, 0.2) is 11.6 Å². The van der Waals surface area contributed by atoms with Crippen LogP contribution in [0.3, 0.4) is 0 Å². The Bertz CT molecular complexity index is 492. The normalized spacial score (nSPS) is 10.5. The molecule has 16 heavy (non-hydrogen) atoms. The van der Waals surface area contributed by atoms with Crippen LogP contribution in [0.4, 0.5) is 14.5 Å². The van der Waals surface area contributed by atoms with E-state index in [4.69, 9.17) is 0 Å². The van der Waals surface area contributed by atoms with Gasteiger partial charge in [0.05, 0.1) is 23.9 Å². The zero-order valence-electron chi connectivity index (χ0n) is 8.96. The summed E-state index contributed by atoms with van der Waals surface area (Å²) in [5.74, 6) is -1.70. The zero-order valence-corrected chi connectivity index (χ0v) is 8.96. The molecule has 1 aromatic heterocycles. The predicted octanol–water partition coefficient (Wildman–Crippen LogP) is 2.42. The first-order valence-corrected chi connectivity index (χ1v) is 4.75. The van der Waals surface area contributed by atoms with Crippen LogP contribution in [0, 0.1) is 11.6 Å². The van der Waals surface area contributed by atoms with Crippen LogP contribution in [0.15, 0.2) is 24.7 Å². The summed E-state index contributed by atoms with van der Waals surface area (Å²) in [4.78, 5) is 8.27. The lowest BCUT2D eigenvalue weighted by molar-refractivity contribution is 0.509. The van der Waals surface area contributed by atoms with E-state index in [1.807, 2.05) is 0 Å². The number of H-pyrrole nitrogens is 1. The van der Waals surface area contributed by atoms with E-state index < -0.39 is 11.6 Å². The van der Waals surface area contributed by atoms with Gasteiger partial charge in [0.25, 0.3) is 0 Å². The lowest BCUT2D eigenvalue weighted by atomic mass is 10.1. The number of aromatic amines is 1. The highest BCUT2D eigenvalue weighted by atomic mass is 19.2. The molecule has 0 saturated carbocycles. The summed E-state index contributed by atoms with van der Waals surface area (Å²) in [5.41, 5.74) is 1.45. The van der Waals surface area contributed by atoms with Crippen LogP contribution in [0.2, 0.25) is 0 Å². The van der Waals surface area contributed by atoms with Gasteiger partial charge in [-0.3, -0.25) is 0 Å². The first-order valence-electron chi connectivity index (χ1n) is 4.75. The third-order valence-electron chi connectivity index (χ3n) is 2.30. The van der Waals surface area contributed by atoms with E-state index in [2.05, 4.69) is 9.97 Å². The van der Waals surface area contributed by atoms with Crippen LogP contribution in [0.5, 0.6) is 0 Å². The Hall–Kier alpha value is -1.91. The summed E-state index contributed by atoms with van der Waals surface area (Å²) in [6.45, 7) is 0. The second kappa shape index (κ2) is 3.92. The minimum Gasteiger partial charge on any atom is -0.375 e. The molecule has 0 fully saturated rings. The van der Waals surface area contributed by atoms with Crippen molar-refractivity contribution in [2.75, 3.05) is 19.0 Å². The molecule has 0 radical (unpaired) electrons. The molecule has 0 aliphatic heterocycles. The molecule has 0 aliphatic carbocycles. The van der Waals surface area contributed by atoms with Gasteiger partial charge in [-0.2, -0.15) is 0 Å². The second-order valence-corrected chi connectivity index (χ2v) is 3.62. The Morgan fingerprint density at radius 2 is 2.00 bits per heavy atom. The Morgan fingerprint density at radius 3 is 2.56 bits per heavy atom. The number of nitrogens with one attached hydrogen (secondary N) is 1. The zero-order chi connectivity index (χ0) is 11.7. The highest BCUT2D eigenvalue weighted by molar-refractivity contribution is 5.76. The molecule has 1 heterocycles. The average Bonchev–Trinajstić information content (AvgIpc) is 2.74. The van der Waals surface area contributed by atoms with Gasteiger partial charge in [0, 0.05) is 19.7 Å². The summed E-state index contributed by atoms with van der Waals surface area (Å²) in [6, 6.07) is 2.64. The summed E-state index contributed by atoms with van der Waals surface area (Å²) in [7, 11) is 3.33. The van der Waals surface area contributed by atoms with Crippen molar-refractivity contribution >= 4 is 5.69 Å². The third-order valence-corrected chi connectivity index (χ3v) is 2.30. The molecule has 0 spiro atoms. The standard InChI is InChI=1S/C11H11F2N3/c1-16(2)11-7(9-5-14-6-15-9)3-4-8(12)10(11)13/h3-6H,1-2H3,(H,14,15). The van der Waals surface area contributed by atoms with Crippen molar-refractivity contribution in [2.24, 2.45) is 0 Å². The molecule has 3 nitrogen and oxygen atoms in total. The topological polar surface area (TPSA) is 31.9 Å². The number of benzene rings is 1. The summed E-state index contributed by atoms with van der Waals surface area (Å²) in [5, 5.41) is 0. The minimum atomic E-state index is -0.855. The fourth-order valence-electron chi connectivity index (χ4n) is 1.60. The van der Waals surface area contributed by atoms with E-state index in [-0.39, 0.29) is 5.69 Å². The van der Waals surface area contributed by atoms with Gasteiger partial charge < -0.3 is 9.88 Å². The highest BCUT2D eigenvalue weighted by Crippen LogP contribution is 2.32. The van der Waals surface area contributed by atoms with Crippen molar-refractivity contribution in [1.29, 1.82) is 0 Å². The quantitative estimate of drug-likeness (QED) is 0.847. The van der Waals surface area contributed by atoms with Gasteiger partial charge in [-0.05, 0) is 12.1 Å². The summed E-state index contributed by atoms with van der Waals surface area (Å²) < 4.78 is 26.8. The Morgan fingerprint density at radius 1 is 1.25 bits per heavy atom. The number of halogens is 2. The number of imidazole rings is 1. The Labute approximate surface area is 91.7 Å². The van der Waals surface area contributed by atoms with Crippen LogP contribution >= 0.6 is 0 Å². The van der Waals surface area contributed by atoms with Gasteiger partial charge in [0.2, 0.25) is 0 Å². The molecule has 2 aromatic rings. The summed E-state index contributed by atoms with van der Waals surface area (Å²) >= 11 is 0. The van der Waals surface area contributed by atoms with E-state index in [0.717, 1.165) is 6.07 Å². The lowest BCUT2D eigenvalue weighted by Gasteiger charge is -2.17. The van der Waals surface area contributed by atoms with Crippen LogP contribution in [0.1, 0.15) is 0 Å². The van der Waals surface area contributed by atoms with Crippen molar-refractivity contribution in [3.63, 3.8) is 0 Å². The maximum atomic E-state index is 13.7. The fourth-order valence-corrected chi connectivity index (χ4v) is 1.60. The molecule has 0 bridgehead atoms. The Balaban J connectivity index is 2.66. The van der Waals surface area contributed by atoms with Gasteiger partial charge in [-0.1, -0.05) is 0 Å². The molecule has 2 rings (SSSR count). The number of anilines is 1. The number of hydrogen-bond acceptors (Lipinski definition) is 2. The number of hydrogen-bond donors (Lipinski definition) is 1. The van der Waals surface area contributed by atoms with E-state index in [1.165, 1.54) is 17.3 Å². The van der Waals surface area contributed by atoms with Crippen molar-refractivity contribution in [3.8, 4) is 11.3 Å². The van der Waals surface area contributed by atoms with Gasteiger partial charge in [-0.15, -0.1) is 0 Å². The van der Waals surface area contributed by atoms with Crippen LogP contribution in [0.25, 0.3) is 11.3 Å². The molecular weight excluding hydrogens is 212 g/mol. The smallest absolute Gasteiger partial charge is 0.182 e. The predicted molar refractivity (Wildman–Crippen MR) is 58.3 cm³/mol. The average molecular weight is 223 g/mol. The van der Waals surface area contributed by atoms with E-state index in [0.29, 0.717) is 11.3 Å². The molecule has 84 valence electrons. The first kappa shape index (κ1) is 10.6. The third kappa shape index (κ3) is 1.64. The van der Waals surface area contributed by atoms with E-state index in [9.17, 15) is 8.78 Å². The molecule has 0 saturated heterocycles. The largest absolute Gasteiger partial charge is 0.375 e. The van der Waals surface area contributed by atoms with Gasteiger partial charge in [-0.25, -0.2) is 13.8 Å². The molecule has 1 aromatic carbocycles. The molecule has 0 unspecified atom stereocenters. The molecule has 0 amide bonds. The monoisotopic (exact) mass is 223 g/mol. The van der Waals surface area contributed by atoms with E-state index in [1.54, 1.807) is 20.3 Å². The van der Waals surface area contributed by atoms with E-state index >= 15 is 0 Å². The molecule has 5 heteroatoms. The Kier molecular flexibility index (Phi) is 2.60. The van der Waals surface area contributed by atoms with Crippen molar-refractivity contribution < 1.29 is 8.78 Å². The van der Waals surface area contributed by atoms with Crippen LogP contribution < -0.4 is 4.90 Å². The molecule has 0 atom stereocenters. The molecule has 0 aliphatic rings. The second-order valence-electron chi connectivity index (χ2n) is 3.62. The first-order chi connectivity index (χ1) is 7.61. The number of rotatable bonds is 2. The van der Waals surface area contributed by atoms with Gasteiger partial charge >= 0.3 is 0 Å². The maximum Gasteiger partial charge on any atom is 0.182 e. The fraction of sp³-hybridized carbons (Fsp3) is 0.182. The number of aromatic nitrogens is 2. The highest BCUT2D eigenvalue weighted by Gasteiger charge is 2.16. The van der Waals surface area contributed by atoms with Gasteiger partial charge in [0.1, 0.15) is 0 Å². The summed E-state index contributed by atoms with van der Waals surface area (Å²) in [6.07, 6.45) is 3.07. The van der Waals surface area contributed by atoms with Crippen LogP contribution in [-0.2, 0) is 0 Å². The SMILES string of the molecule is CN(C)c1c(-c2cnc[nH]2)ccc(F)c1F. The lowest BCUT2D eigenvalue weighted by Crippen LogP contribution is -2.13. The van der Waals surface area contributed by atoms with Crippen molar-refractivity contribution in [3.05, 3.63) is 36.3 Å². The maximum absolute atomic E-state index is 13.7.